The predicted octanol–water partition coefficient (Wildman–Crippen LogP) is 3.37. The summed E-state index contributed by atoms with van der Waals surface area (Å²) in [4.78, 5) is 84.6. The van der Waals surface area contributed by atoms with Gasteiger partial charge in [0.1, 0.15) is 30.1 Å². The average molecular weight is 850 g/mol. The van der Waals surface area contributed by atoms with E-state index >= 15 is 0 Å². The molecule has 16 nitrogen and oxygen atoms in total. The van der Waals surface area contributed by atoms with E-state index in [-0.39, 0.29) is 43.3 Å². The summed E-state index contributed by atoms with van der Waals surface area (Å²) in [7, 11) is 3.30. The van der Waals surface area contributed by atoms with Crippen LogP contribution in [0, 0.1) is 17.3 Å². The smallest absolute Gasteiger partial charge is 0.324 e. The maximum Gasteiger partial charge on any atom is 0.324 e. The lowest BCUT2D eigenvalue weighted by Gasteiger charge is -2.44. The molecule has 2 saturated heterocycles. The maximum absolute atomic E-state index is 14.7. The molecule has 1 aromatic carbocycles. The number of hydrazine groups is 1. The van der Waals surface area contributed by atoms with Crippen molar-refractivity contribution in [1.82, 2.24) is 40.1 Å². The van der Waals surface area contributed by atoms with Crippen LogP contribution in [0.4, 0.5) is 5.69 Å². The van der Waals surface area contributed by atoms with Crippen molar-refractivity contribution >= 4 is 35.3 Å². The van der Waals surface area contributed by atoms with Gasteiger partial charge >= 0.3 is 5.97 Å². The number of ether oxygens (including phenoxy) is 2. The Labute approximate surface area is 363 Å². The molecule has 4 amide bonds. The molecule has 330 valence electrons. The number of benzene rings is 1. The highest BCUT2D eigenvalue weighted by Gasteiger charge is 2.48. The lowest BCUT2D eigenvalue weighted by atomic mass is 9.78. The number of carbonyl (C=O) groups excluding carboxylic acids is 5. The Bertz CT molecular complexity index is 2260. The van der Waals surface area contributed by atoms with Gasteiger partial charge in [-0.25, -0.2) is 10.4 Å². The zero-order valence-electron chi connectivity index (χ0n) is 36.6. The van der Waals surface area contributed by atoms with Gasteiger partial charge in [0.15, 0.2) is 0 Å². The van der Waals surface area contributed by atoms with Crippen LogP contribution in [0.3, 0.4) is 0 Å². The molecule has 0 aliphatic carbocycles. The molecule has 7 heterocycles. The second kappa shape index (κ2) is 17.3. The average Bonchev–Trinajstić information content (AvgIpc) is 3.92. The van der Waals surface area contributed by atoms with Gasteiger partial charge in [0.2, 0.25) is 17.7 Å². The number of carbonyl (C=O) groups is 5. The van der Waals surface area contributed by atoms with Gasteiger partial charge in [0.05, 0.1) is 42.2 Å². The largest absolute Gasteiger partial charge is 0.464 e. The lowest BCUT2D eigenvalue weighted by Crippen LogP contribution is -2.62. The van der Waals surface area contributed by atoms with E-state index in [4.69, 9.17) is 19.4 Å². The van der Waals surface area contributed by atoms with E-state index in [1.807, 2.05) is 38.1 Å². The molecule has 8 rings (SSSR count). The van der Waals surface area contributed by atoms with Gasteiger partial charge in [-0.2, -0.15) is 0 Å². The Morgan fingerprint density at radius 2 is 1.92 bits per heavy atom. The van der Waals surface area contributed by atoms with Crippen LogP contribution in [-0.2, 0) is 52.8 Å². The minimum atomic E-state index is -1.04. The van der Waals surface area contributed by atoms with E-state index in [1.54, 1.807) is 25.3 Å². The number of anilines is 1. The van der Waals surface area contributed by atoms with Crippen LogP contribution in [0.2, 0.25) is 0 Å². The minimum absolute atomic E-state index is 0.0633. The van der Waals surface area contributed by atoms with Gasteiger partial charge in [0.25, 0.3) is 5.91 Å². The van der Waals surface area contributed by atoms with Crippen molar-refractivity contribution in [2.45, 2.75) is 96.6 Å². The number of likely N-dealkylation sites (tertiary alicyclic amines) is 1. The number of imidazole rings is 1. The summed E-state index contributed by atoms with van der Waals surface area (Å²) in [6.07, 6.45) is 4.89. The highest BCUT2D eigenvalue weighted by molar-refractivity contribution is 5.93. The molecule has 6 bridgehead atoms. The van der Waals surface area contributed by atoms with Gasteiger partial charge in [-0.1, -0.05) is 46.4 Å². The molecule has 0 spiro atoms. The van der Waals surface area contributed by atoms with Crippen molar-refractivity contribution in [3.63, 3.8) is 0 Å². The van der Waals surface area contributed by atoms with E-state index in [0.29, 0.717) is 51.9 Å². The number of aromatic nitrogens is 3. The third-order valence-electron chi connectivity index (χ3n) is 13.4. The highest BCUT2D eigenvalue weighted by Crippen LogP contribution is 2.51. The molecular formula is C46H59N9O7. The van der Waals surface area contributed by atoms with Crippen LogP contribution in [0.15, 0.2) is 55.3 Å². The zero-order chi connectivity index (χ0) is 44.0. The molecule has 2 fully saturated rings. The quantitative estimate of drug-likeness (QED) is 0.264. The molecule has 0 saturated carbocycles. The van der Waals surface area contributed by atoms with E-state index in [1.165, 1.54) is 16.0 Å². The molecule has 5 aliphatic heterocycles. The summed E-state index contributed by atoms with van der Waals surface area (Å²) in [5.41, 5.74) is 8.06. The fourth-order valence-electron chi connectivity index (χ4n) is 10.2. The number of amides is 4. The van der Waals surface area contributed by atoms with Gasteiger partial charge < -0.3 is 34.1 Å². The van der Waals surface area contributed by atoms with Gasteiger partial charge in [0, 0.05) is 76.0 Å². The van der Waals surface area contributed by atoms with Crippen LogP contribution < -0.4 is 15.6 Å². The molecule has 62 heavy (non-hydrogen) atoms. The van der Waals surface area contributed by atoms with Crippen molar-refractivity contribution < 1.29 is 33.4 Å². The summed E-state index contributed by atoms with van der Waals surface area (Å²) < 4.78 is 14.7. The number of nitrogens with zero attached hydrogens (tertiary/aromatic N) is 7. The summed E-state index contributed by atoms with van der Waals surface area (Å²) >= 11 is 0. The number of rotatable bonds is 7. The summed E-state index contributed by atoms with van der Waals surface area (Å²) in [6, 6.07) is 8.95. The Kier molecular flexibility index (Phi) is 12.0. The summed E-state index contributed by atoms with van der Waals surface area (Å²) in [5, 5.41) is 4.49. The first-order chi connectivity index (χ1) is 29.7. The molecule has 3 aromatic rings. The number of esters is 1. The number of cyclic esters (lactones) is 1. The molecule has 0 radical (unpaired) electrons. The number of likely N-dealkylation sites (N-methyl/N-ethyl adjacent to an activating group) is 1. The lowest BCUT2D eigenvalue weighted by molar-refractivity contribution is -0.157. The predicted molar refractivity (Wildman–Crippen MR) is 230 cm³/mol. The number of hydrogen-bond acceptors (Lipinski definition) is 11. The first kappa shape index (κ1) is 43.1. The van der Waals surface area contributed by atoms with Crippen LogP contribution >= 0.6 is 0 Å². The monoisotopic (exact) mass is 849 g/mol. The number of nitrogens with one attached hydrogen (secondary N) is 2. The molecule has 2 unspecified atom stereocenters. The summed E-state index contributed by atoms with van der Waals surface area (Å²) in [6.45, 7) is 13.8. The van der Waals surface area contributed by atoms with Crippen molar-refractivity contribution in [1.29, 1.82) is 0 Å². The topological polar surface area (TPSA) is 172 Å². The summed E-state index contributed by atoms with van der Waals surface area (Å²) in [5.74, 6) is -1.75. The fraction of sp³-hybridized carbons (Fsp3) is 0.543. The Morgan fingerprint density at radius 3 is 2.68 bits per heavy atom. The molecule has 6 atom stereocenters. The highest BCUT2D eigenvalue weighted by atomic mass is 16.5. The van der Waals surface area contributed by atoms with Crippen LogP contribution in [0.5, 0.6) is 0 Å². The van der Waals surface area contributed by atoms with Crippen molar-refractivity contribution in [3.8, 4) is 11.4 Å². The Balaban J connectivity index is 1.13. The first-order valence-electron chi connectivity index (χ1n) is 21.8. The number of pyridine rings is 1. The molecule has 2 aromatic heterocycles. The Morgan fingerprint density at radius 1 is 1.11 bits per heavy atom. The second-order valence-corrected chi connectivity index (χ2v) is 18.4. The van der Waals surface area contributed by atoms with E-state index in [9.17, 15) is 24.0 Å². The van der Waals surface area contributed by atoms with Gasteiger partial charge in [-0.05, 0) is 61.1 Å². The van der Waals surface area contributed by atoms with Crippen LogP contribution in [0.1, 0.15) is 81.7 Å². The van der Waals surface area contributed by atoms with Gasteiger partial charge in [-0.3, -0.25) is 34.0 Å². The van der Waals surface area contributed by atoms with Crippen molar-refractivity contribution in [2.24, 2.45) is 17.3 Å². The van der Waals surface area contributed by atoms with Crippen molar-refractivity contribution in [3.05, 3.63) is 77.9 Å². The van der Waals surface area contributed by atoms with E-state index in [2.05, 4.69) is 52.8 Å². The second-order valence-electron chi connectivity index (χ2n) is 18.4. The SMILES string of the molecule is C=CC(=O)N1CC[C@H](C(=O)N(C)[C@H](C(=O)NC2Cc3cccc(c3)N3CCc4nc5n(c4C3)C([C@H](OC)c3ncccc3-5)C(C)(C)COC(=O)[C@@H]3CCCN(N3)C2=O)C(C)C)C1. The molecule has 2 N–H and O–H groups in total. The van der Waals surface area contributed by atoms with Crippen LogP contribution in [-0.4, -0.2) is 124 Å². The minimum Gasteiger partial charge on any atom is -0.464 e. The maximum atomic E-state index is 14.7. The first-order valence-corrected chi connectivity index (χ1v) is 21.8. The van der Waals surface area contributed by atoms with Gasteiger partial charge in [-0.15, -0.1) is 0 Å². The number of methoxy groups -OCH3 is 1. The zero-order valence-corrected chi connectivity index (χ0v) is 36.6. The third-order valence-corrected chi connectivity index (χ3v) is 13.4. The fourth-order valence-corrected chi connectivity index (χ4v) is 10.2. The normalized spacial score (nSPS) is 25.0. The molecule has 5 aliphatic rings. The van der Waals surface area contributed by atoms with E-state index in [0.717, 1.165) is 39.7 Å². The number of fused-ring (bicyclic) bond motifs is 8. The van der Waals surface area contributed by atoms with Crippen molar-refractivity contribution in [2.75, 3.05) is 51.8 Å². The third kappa shape index (κ3) is 7.98. The standard InChI is InChI=1S/C46H59N9O7/c1-8-36(56)53-20-16-29(24-53)43(58)51(6)38(27(2)3)42(57)49-34-23-28-12-9-13-30(22-28)52-21-17-32-35(25-52)55-40(39(61-7)37-31(41(55)48-32)14-10-18-47-37)46(4,5)26-62-45(60)33-15-11-19-54(50-33)44(34)59/h8-10,12-14,18,22,27,29,33-34,38-40,50H,1,11,15-17,19-21,23-26H2,2-7H3,(H,49,57)/t29-,33-,34?,38-,39+,40?/m0/s1. The molecular weight excluding hydrogens is 791 g/mol. The molecule has 16 heteroatoms. The van der Waals surface area contributed by atoms with E-state index < -0.39 is 53.3 Å². The number of hydrogen-bond donors (Lipinski definition) is 2. The Hall–Kier alpha value is -5.61. The van der Waals surface area contributed by atoms with Crippen LogP contribution in [0.25, 0.3) is 11.4 Å².